The van der Waals surface area contributed by atoms with Crippen molar-refractivity contribution in [3.63, 3.8) is 0 Å². The molecule has 3 nitrogen and oxygen atoms in total. The first kappa shape index (κ1) is 15.6. The normalized spacial score (nSPS) is 11.2. The number of benzene rings is 1. The Morgan fingerprint density at radius 1 is 1.32 bits per heavy atom. The second-order valence-electron chi connectivity index (χ2n) is 4.88. The van der Waals surface area contributed by atoms with Gasteiger partial charge in [0.25, 0.3) is 0 Å². The quantitative estimate of drug-likeness (QED) is 0.729. The zero-order chi connectivity index (χ0) is 14.1. The third-order valence-electron chi connectivity index (χ3n) is 2.71. The molecule has 1 aromatic carbocycles. The van der Waals surface area contributed by atoms with E-state index >= 15 is 0 Å². The second kappa shape index (κ2) is 8.59. The van der Waals surface area contributed by atoms with Gasteiger partial charge in [-0.2, -0.15) is 0 Å². The van der Waals surface area contributed by atoms with Gasteiger partial charge in [0.15, 0.2) is 0 Å². The summed E-state index contributed by atoms with van der Waals surface area (Å²) in [5, 5.41) is 3.43. The van der Waals surface area contributed by atoms with Crippen LogP contribution in [0, 0.1) is 5.92 Å². The molecule has 0 atom stereocenters. The lowest BCUT2D eigenvalue weighted by Crippen LogP contribution is -2.19. The van der Waals surface area contributed by atoms with Gasteiger partial charge in [-0.25, -0.2) is 0 Å². The smallest absolute Gasteiger partial charge is 0.124 e. The van der Waals surface area contributed by atoms with Gasteiger partial charge in [0.2, 0.25) is 0 Å². The maximum atomic E-state index is 5.75. The van der Waals surface area contributed by atoms with Crippen molar-refractivity contribution in [1.82, 2.24) is 5.32 Å². The highest BCUT2D eigenvalue weighted by Crippen LogP contribution is 2.24. The number of allylic oxidation sites excluding steroid dienone is 1. The van der Waals surface area contributed by atoms with Gasteiger partial charge < -0.3 is 14.8 Å². The van der Waals surface area contributed by atoms with E-state index in [0.29, 0.717) is 12.5 Å². The van der Waals surface area contributed by atoms with Gasteiger partial charge >= 0.3 is 0 Å². The molecule has 0 spiro atoms. The molecule has 0 saturated carbocycles. The number of hydrogen-bond acceptors (Lipinski definition) is 3. The summed E-state index contributed by atoms with van der Waals surface area (Å²) >= 11 is 0. The van der Waals surface area contributed by atoms with E-state index in [9.17, 15) is 0 Å². The molecule has 0 saturated heterocycles. The summed E-state index contributed by atoms with van der Waals surface area (Å²) in [4.78, 5) is 0. The number of hydrogen-bond donors (Lipinski definition) is 1. The highest BCUT2D eigenvalue weighted by molar-refractivity contribution is 5.40. The van der Waals surface area contributed by atoms with Gasteiger partial charge in [0, 0.05) is 12.1 Å². The molecule has 3 heteroatoms. The largest absolute Gasteiger partial charge is 0.497 e. The lowest BCUT2D eigenvalue weighted by atomic mass is 10.1. The van der Waals surface area contributed by atoms with Crippen molar-refractivity contribution in [2.45, 2.75) is 27.3 Å². The number of nitrogens with one attached hydrogen (secondary N) is 1. The fourth-order valence-corrected chi connectivity index (χ4v) is 1.69. The van der Waals surface area contributed by atoms with Gasteiger partial charge in [0.1, 0.15) is 18.1 Å². The van der Waals surface area contributed by atoms with Crippen LogP contribution >= 0.6 is 0 Å². The second-order valence-corrected chi connectivity index (χ2v) is 4.88. The molecule has 1 rings (SSSR count). The van der Waals surface area contributed by atoms with E-state index in [1.807, 2.05) is 37.3 Å². The summed E-state index contributed by atoms with van der Waals surface area (Å²) in [6.07, 6.45) is 3.98. The van der Waals surface area contributed by atoms with Crippen molar-refractivity contribution < 1.29 is 9.47 Å². The highest BCUT2D eigenvalue weighted by Gasteiger charge is 2.05. The van der Waals surface area contributed by atoms with Crippen molar-refractivity contribution in [3.05, 3.63) is 35.9 Å². The Balaban J connectivity index is 2.71. The van der Waals surface area contributed by atoms with E-state index in [2.05, 4.69) is 19.2 Å². The third-order valence-corrected chi connectivity index (χ3v) is 2.71. The summed E-state index contributed by atoms with van der Waals surface area (Å²) in [7, 11) is 1.68. The molecule has 0 fully saturated rings. The van der Waals surface area contributed by atoms with Crippen LogP contribution in [0.1, 0.15) is 26.3 Å². The third kappa shape index (κ3) is 5.79. The van der Waals surface area contributed by atoms with E-state index in [1.54, 1.807) is 7.11 Å². The Labute approximate surface area is 116 Å². The van der Waals surface area contributed by atoms with E-state index < -0.39 is 0 Å². The SMILES string of the molecule is CC=CCOc1ccc(OC)cc1CNCC(C)C. The van der Waals surface area contributed by atoms with Gasteiger partial charge in [0.05, 0.1) is 7.11 Å². The molecule has 106 valence electrons. The van der Waals surface area contributed by atoms with E-state index in [-0.39, 0.29) is 0 Å². The zero-order valence-corrected chi connectivity index (χ0v) is 12.4. The molecule has 0 aliphatic rings. The van der Waals surface area contributed by atoms with Crippen LogP contribution in [0.5, 0.6) is 11.5 Å². The Bertz CT molecular complexity index is 400. The molecule has 0 amide bonds. The van der Waals surface area contributed by atoms with Crippen LogP contribution in [0.2, 0.25) is 0 Å². The van der Waals surface area contributed by atoms with Gasteiger partial charge in [-0.05, 0) is 37.6 Å². The molecule has 0 aromatic heterocycles. The maximum absolute atomic E-state index is 5.75. The Morgan fingerprint density at radius 2 is 2.11 bits per heavy atom. The lowest BCUT2D eigenvalue weighted by Gasteiger charge is -2.13. The Kier molecular flexibility index (Phi) is 7.04. The van der Waals surface area contributed by atoms with Crippen LogP contribution < -0.4 is 14.8 Å². The molecule has 19 heavy (non-hydrogen) atoms. The molecule has 0 heterocycles. The fourth-order valence-electron chi connectivity index (χ4n) is 1.69. The monoisotopic (exact) mass is 263 g/mol. The minimum absolute atomic E-state index is 0.597. The summed E-state index contributed by atoms with van der Waals surface area (Å²) < 4.78 is 11.0. The predicted molar refractivity (Wildman–Crippen MR) is 79.8 cm³/mol. The van der Waals surface area contributed by atoms with Crippen LogP contribution in [0.3, 0.4) is 0 Å². The highest BCUT2D eigenvalue weighted by atomic mass is 16.5. The summed E-state index contributed by atoms with van der Waals surface area (Å²) in [5.74, 6) is 2.41. The predicted octanol–water partition coefficient (Wildman–Crippen LogP) is 3.40. The van der Waals surface area contributed by atoms with E-state index in [1.165, 1.54) is 0 Å². The van der Waals surface area contributed by atoms with E-state index in [0.717, 1.165) is 30.2 Å². The van der Waals surface area contributed by atoms with Gasteiger partial charge in [-0.1, -0.05) is 26.0 Å². The minimum atomic E-state index is 0.597. The Morgan fingerprint density at radius 3 is 2.74 bits per heavy atom. The molecular weight excluding hydrogens is 238 g/mol. The van der Waals surface area contributed by atoms with Crippen molar-refractivity contribution in [2.75, 3.05) is 20.3 Å². The molecule has 0 radical (unpaired) electrons. The first-order valence-electron chi connectivity index (χ1n) is 6.79. The first-order chi connectivity index (χ1) is 9.17. The van der Waals surface area contributed by atoms with Crippen molar-refractivity contribution in [1.29, 1.82) is 0 Å². The van der Waals surface area contributed by atoms with Crippen molar-refractivity contribution >= 4 is 0 Å². The number of methoxy groups -OCH3 is 1. The average molecular weight is 263 g/mol. The van der Waals surface area contributed by atoms with Gasteiger partial charge in [-0.15, -0.1) is 0 Å². The first-order valence-corrected chi connectivity index (χ1v) is 6.79. The fraction of sp³-hybridized carbons (Fsp3) is 0.500. The van der Waals surface area contributed by atoms with Crippen LogP contribution in [-0.2, 0) is 6.54 Å². The summed E-state index contributed by atoms with van der Waals surface area (Å²) in [5.41, 5.74) is 1.13. The van der Waals surface area contributed by atoms with Crippen molar-refractivity contribution in [2.24, 2.45) is 5.92 Å². The van der Waals surface area contributed by atoms with Crippen LogP contribution in [0.15, 0.2) is 30.4 Å². The van der Waals surface area contributed by atoms with Gasteiger partial charge in [-0.3, -0.25) is 0 Å². The van der Waals surface area contributed by atoms with Crippen LogP contribution in [0.4, 0.5) is 0 Å². The molecule has 0 aliphatic carbocycles. The summed E-state index contributed by atoms with van der Waals surface area (Å²) in [6, 6.07) is 5.92. The van der Waals surface area contributed by atoms with E-state index in [4.69, 9.17) is 9.47 Å². The molecule has 0 bridgehead atoms. The number of rotatable bonds is 8. The average Bonchev–Trinajstić information content (AvgIpc) is 2.40. The zero-order valence-electron chi connectivity index (χ0n) is 12.4. The molecule has 1 N–H and O–H groups in total. The number of ether oxygens (including phenoxy) is 2. The molecular formula is C16H25NO2. The topological polar surface area (TPSA) is 30.5 Å². The molecule has 1 aromatic rings. The standard InChI is InChI=1S/C16H25NO2/c1-5-6-9-19-16-8-7-15(18-4)10-14(16)12-17-11-13(2)3/h5-8,10,13,17H,9,11-12H2,1-4H3. The minimum Gasteiger partial charge on any atom is -0.497 e. The lowest BCUT2D eigenvalue weighted by molar-refractivity contribution is 0.354. The molecule has 0 aliphatic heterocycles. The van der Waals surface area contributed by atoms with Crippen molar-refractivity contribution in [3.8, 4) is 11.5 Å². The summed E-state index contributed by atoms with van der Waals surface area (Å²) in [6.45, 7) is 8.76. The molecule has 0 unspecified atom stereocenters. The maximum Gasteiger partial charge on any atom is 0.124 e. The van der Waals surface area contributed by atoms with Crippen LogP contribution in [-0.4, -0.2) is 20.3 Å². The Hall–Kier alpha value is -1.48. The van der Waals surface area contributed by atoms with Crippen LogP contribution in [0.25, 0.3) is 0 Å².